The first-order valence-electron chi connectivity index (χ1n) is 6.43. The van der Waals surface area contributed by atoms with E-state index >= 15 is 0 Å². The smallest absolute Gasteiger partial charge is 0.0955 e. The van der Waals surface area contributed by atoms with Crippen LogP contribution in [0.15, 0.2) is 24.5 Å². The maximum absolute atomic E-state index is 4.36. The Kier molecular flexibility index (Phi) is 2.85. The minimum absolute atomic E-state index is 0.800. The van der Waals surface area contributed by atoms with Crippen LogP contribution in [-0.2, 0) is 13.5 Å². The molecule has 1 atom stereocenters. The van der Waals surface area contributed by atoms with Crippen LogP contribution < -0.4 is 5.32 Å². The van der Waals surface area contributed by atoms with Gasteiger partial charge in [0.15, 0.2) is 0 Å². The van der Waals surface area contributed by atoms with Crippen LogP contribution in [0.4, 0.5) is 0 Å². The Labute approximate surface area is 102 Å². The average molecular weight is 229 g/mol. The number of nitrogens with zero attached hydrogens (tertiary/aromatic N) is 2. The monoisotopic (exact) mass is 229 g/mol. The van der Waals surface area contributed by atoms with Gasteiger partial charge in [0.05, 0.1) is 17.4 Å². The third kappa shape index (κ3) is 2.20. The number of hydrogen-bond donors (Lipinski definition) is 1. The zero-order chi connectivity index (χ0) is 11.7. The summed E-state index contributed by atoms with van der Waals surface area (Å²) in [6, 6.07) is 6.65. The van der Waals surface area contributed by atoms with E-state index in [9.17, 15) is 0 Å². The summed E-state index contributed by atoms with van der Waals surface area (Å²) in [5.74, 6) is 0.800. The maximum Gasteiger partial charge on any atom is 0.0955 e. The maximum atomic E-state index is 4.36. The number of aromatic nitrogens is 2. The normalized spacial score (nSPS) is 20.9. The van der Waals surface area contributed by atoms with Gasteiger partial charge in [-0.3, -0.25) is 0 Å². The zero-order valence-corrected chi connectivity index (χ0v) is 10.3. The molecule has 0 aliphatic carbocycles. The molecular formula is C14H19N3. The van der Waals surface area contributed by atoms with Crippen LogP contribution >= 0.6 is 0 Å². The lowest BCUT2D eigenvalue weighted by Crippen LogP contribution is -2.30. The lowest BCUT2D eigenvalue weighted by molar-refractivity contribution is 0.376. The van der Waals surface area contributed by atoms with Crippen LogP contribution in [-0.4, -0.2) is 22.6 Å². The average Bonchev–Trinajstić information content (AvgIpc) is 2.73. The topological polar surface area (TPSA) is 29.9 Å². The van der Waals surface area contributed by atoms with Gasteiger partial charge >= 0.3 is 0 Å². The van der Waals surface area contributed by atoms with Crippen LogP contribution in [0.5, 0.6) is 0 Å². The fourth-order valence-electron chi connectivity index (χ4n) is 2.73. The molecule has 3 nitrogen and oxygen atoms in total. The molecule has 1 fully saturated rings. The van der Waals surface area contributed by atoms with Crippen LogP contribution in [0.3, 0.4) is 0 Å². The molecule has 1 saturated heterocycles. The molecule has 0 bridgehead atoms. The van der Waals surface area contributed by atoms with Gasteiger partial charge in [-0.1, -0.05) is 6.07 Å². The number of aryl methyl sites for hydroxylation is 1. The number of imidazole rings is 1. The Hall–Kier alpha value is -1.35. The van der Waals surface area contributed by atoms with Crippen LogP contribution in [0.25, 0.3) is 11.0 Å². The molecule has 1 unspecified atom stereocenters. The van der Waals surface area contributed by atoms with E-state index in [0.717, 1.165) is 11.4 Å². The molecule has 3 rings (SSSR count). The molecule has 3 heteroatoms. The molecule has 17 heavy (non-hydrogen) atoms. The predicted molar refractivity (Wildman–Crippen MR) is 70.0 cm³/mol. The number of nitrogens with one attached hydrogen (secondary N) is 1. The van der Waals surface area contributed by atoms with Crippen molar-refractivity contribution in [3.05, 3.63) is 30.1 Å². The summed E-state index contributed by atoms with van der Waals surface area (Å²) in [6.45, 7) is 2.36. The first-order chi connectivity index (χ1) is 8.33. The van der Waals surface area contributed by atoms with Crippen molar-refractivity contribution in [1.29, 1.82) is 0 Å². The van der Waals surface area contributed by atoms with Gasteiger partial charge in [0.25, 0.3) is 0 Å². The molecule has 0 amide bonds. The van der Waals surface area contributed by atoms with E-state index in [1.165, 1.54) is 43.4 Å². The van der Waals surface area contributed by atoms with Crippen LogP contribution in [0, 0.1) is 5.92 Å². The minimum Gasteiger partial charge on any atom is -0.334 e. The minimum atomic E-state index is 0.800. The van der Waals surface area contributed by atoms with Crippen molar-refractivity contribution in [2.24, 2.45) is 13.0 Å². The SMILES string of the molecule is Cn1cnc2ccc(CC3CCCNC3)cc21. The lowest BCUT2D eigenvalue weighted by Gasteiger charge is -2.22. The van der Waals surface area contributed by atoms with E-state index in [1.54, 1.807) is 0 Å². The highest BCUT2D eigenvalue weighted by atomic mass is 15.0. The second-order valence-electron chi connectivity index (χ2n) is 5.10. The molecular weight excluding hydrogens is 210 g/mol. The number of benzene rings is 1. The zero-order valence-electron chi connectivity index (χ0n) is 10.3. The standard InChI is InChI=1S/C14H19N3/c1-17-10-16-13-5-4-11(8-14(13)17)7-12-3-2-6-15-9-12/h4-5,8,10,12,15H,2-3,6-7,9H2,1H3. The van der Waals surface area contributed by atoms with Gasteiger partial charge in [-0.05, 0) is 56.0 Å². The Morgan fingerprint density at radius 3 is 3.24 bits per heavy atom. The summed E-state index contributed by atoms with van der Waals surface area (Å²) in [5, 5.41) is 3.48. The van der Waals surface area contributed by atoms with Gasteiger partial charge in [0.1, 0.15) is 0 Å². The van der Waals surface area contributed by atoms with Crippen molar-refractivity contribution in [2.45, 2.75) is 19.3 Å². The quantitative estimate of drug-likeness (QED) is 0.855. The first kappa shape index (κ1) is 10.8. The fraction of sp³-hybridized carbons (Fsp3) is 0.500. The van der Waals surface area contributed by atoms with Crippen molar-refractivity contribution in [1.82, 2.24) is 14.9 Å². The molecule has 2 aromatic rings. The van der Waals surface area contributed by atoms with Gasteiger partial charge in [0, 0.05) is 7.05 Å². The van der Waals surface area contributed by atoms with Gasteiger partial charge < -0.3 is 9.88 Å². The molecule has 1 aromatic heterocycles. The number of fused-ring (bicyclic) bond motifs is 1. The van der Waals surface area contributed by atoms with E-state index in [1.807, 2.05) is 6.33 Å². The van der Waals surface area contributed by atoms with Crippen molar-refractivity contribution < 1.29 is 0 Å². The molecule has 0 radical (unpaired) electrons. The molecule has 0 saturated carbocycles. The molecule has 1 aromatic carbocycles. The highest BCUT2D eigenvalue weighted by Crippen LogP contribution is 2.20. The summed E-state index contributed by atoms with van der Waals surface area (Å²) < 4.78 is 2.10. The fourth-order valence-corrected chi connectivity index (χ4v) is 2.73. The van der Waals surface area contributed by atoms with Gasteiger partial charge in [0.2, 0.25) is 0 Å². The van der Waals surface area contributed by atoms with Gasteiger partial charge in [-0.15, -0.1) is 0 Å². The summed E-state index contributed by atoms with van der Waals surface area (Å²) >= 11 is 0. The second kappa shape index (κ2) is 4.49. The van der Waals surface area contributed by atoms with E-state index in [0.29, 0.717) is 0 Å². The Morgan fingerprint density at radius 2 is 2.41 bits per heavy atom. The number of piperidine rings is 1. The summed E-state index contributed by atoms with van der Waals surface area (Å²) in [5.41, 5.74) is 3.78. The summed E-state index contributed by atoms with van der Waals surface area (Å²) in [4.78, 5) is 4.36. The van der Waals surface area contributed by atoms with E-state index in [2.05, 4.69) is 40.1 Å². The Bertz CT molecular complexity index is 509. The van der Waals surface area contributed by atoms with Gasteiger partial charge in [-0.25, -0.2) is 4.98 Å². The molecule has 1 aliphatic rings. The lowest BCUT2D eigenvalue weighted by atomic mass is 9.92. The highest BCUT2D eigenvalue weighted by molar-refractivity contribution is 5.75. The summed E-state index contributed by atoms with van der Waals surface area (Å²) in [6.07, 6.45) is 5.75. The highest BCUT2D eigenvalue weighted by Gasteiger charge is 2.13. The Morgan fingerprint density at radius 1 is 1.47 bits per heavy atom. The predicted octanol–water partition coefficient (Wildman–Crippen LogP) is 2.12. The molecule has 1 aliphatic heterocycles. The van der Waals surface area contributed by atoms with Gasteiger partial charge in [-0.2, -0.15) is 0 Å². The first-order valence-corrected chi connectivity index (χ1v) is 6.43. The molecule has 1 N–H and O–H groups in total. The Balaban J connectivity index is 1.82. The van der Waals surface area contributed by atoms with Crippen LogP contribution in [0.1, 0.15) is 18.4 Å². The molecule has 2 heterocycles. The largest absolute Gasteiger partial charge is 0.334 e. The second-order valence-corrected chi connectivity index (χ2v) is 5.10. The molecule has 90 valence electrons. The van der Waals surface area contributed by atoms with Crippen LogP contribution in [0.2, 0.25) is 0 Å². The summed E-state index contributed by atoms with van der Waals surface area (Å²) in [7, 11) is 2.06. The molecule has 0 spiro atoms. The number of hydrogen-bond acceptors (Lipinski definition) is 2. The van der Waals surface area contributed by atoms with E-state index in [-0.39, 0.29) is 0 Å². The van der Waals surface area contributed by atoms with Crippen molar-refractivity contribution in [3.8, 4) is 0 Å². The van der Waals surface area contributed by atoms with E-state index in [4.69, 9.17) is 0 Å². The third-order valence-corrected chi connectivity index (χ3v) is 3.71. The van der Waals surface area contributed by atoms with Crippen molar-refractivity contribution in [3.63, 3.8) is 0 Å². The number of rotatable bonds is 2. The van der Waals surface area contributed by atoms with Crippen molar-refractivity contribution >= 4 is 11.0 Å². The van der Waals surface area contributed by atoms with Crippen molar-refractivity contribution in [2.75, 3.05) is 13.1 Å². The van der Waals surface area contributed by atoms with E-state index < -0.39 is 0 Å². The third-order valence-electron chi connectivity index (χ3n) is 3.71.